The number of aromatic nitrogens is 1. The highest BCUT2D eigenvalue weighted by Gasteiger charge is 2.09. The van der Waals surface area contributed by atoms with Crippen LogP contribution in [-0.4, -0.2) is 16.1 Å². The fourth-order valence-corrected chi connectivity index (χ4v) is 1.70. The molecule has 0 radical (unpaired) electrons. The molecule has 2 rings (SSSR count). The van der Waals surface area contributed by atoms with Crippen LogP contribution < -0.4 is 5.32 Å². The van der Waals surface area contributed by atoms with Crippen molar-refractivity contribution >= 4 is 29.1 Å². The van der Waals surface area contributed by atoms with Gasteiger partial charge in [0.1, 0.15) is 5.82 Å². The molecule has 0 aliphatic carbocycles. The molecule has 2 N–H and O–H groups in total. The second-order valence-corrected chi connectivity index (χ2v) is 4.21. The van der Waals surface area contributed by atoms with Crippen LogP contribution in [0.3, 0.4) is 0 Å². The average molecular weight is 263 g/mol. The van der Waals surface area contributed by atoms with Crippen LogP contribution in [0, 0.1) is 6.92 Å². The predicted octanol–water partition coefficient (Wildman–Crippen LogP) is 3.49. The standard InChI is InChI=1S/C13H11ClN2O2/c1-8-4-2-3-5-11(8)16-12-10(14)6-9(7-15-12)13(17)18/h2-7H,1H3,(H,15,16)(H,17,18). The van der Waals surface area contributed by atoms with Crippen LogP contribution in [0.15, 0.2) is 36.5 Å². The lowest BCUT2D eigenvalue weighted by Crippen LogP contribution is -2.01. The quantitative estimate of drug-likeness (QED) is 0.889. The molecule has 0 saturated carbocycles. The summed E-state index contributed by atoms with van der Waals surface area (Å²) in [6, 6.07) is 9.07. The van der Waals surface area contributed by atoms with E-state index in [1.807, 2.05) is 31.2 Å². The van der Waals surface area contributed by atoms with Crippen molar-refractivity contribution in [3.05, 3.63) is 52.7 Å². The van der Waals surface area contributed by atoms with Gasteiger partial charge in [0.25, 0.3) is 0 Å². The molecule has 2 aromatic rings. The monoisotopic (exact) mass is 262 g/mol. The maximum Gasteiger partial charge on any atom is 0.337 e. The Bertz CT molecular complexity index is 599. The van der Waals surface area contributed by atoms with E-state index < -0.39 is 5.97 Å². The minimum Gasteiger partial charge on any atom is -0.478 e. The maximum absolute atomic E-state index is 10.8. The summed E-state index contributed by atoms with van der Waals surface area (Å²) in [6.07, 6.45) is 1.27. The van der Waals surface area contributed by atoms with E-state index >= 15 is 0 Å². The minimum absolute atomic E-state index is 0.0651. The number of para-hydroxylation sites is 1. The zero-order valence-electron chi connectivity index (χ0n) is 9.64. The van der Waals surface area contributed by atoms with Crippen LogP contribution in [0.2, 0.25) is 5.02 Å². The Labute approximate surface area is 109 Å². The number of carboxylic acid groups (broad SMARTS) is 1. The number of carboxylic acids is 1. The fraction of sp³-hybridized carbons (Fsp3) is 0.0769. The zero-order chi connectivity index (χ0) is 13.1. The highest BCUT2D eigenvalue weighted by molar-refractivity contribution is 6.33. The summed E-state index contributed by atoms with van der Waals surface area (Å²) in [4.78, 5) is 14.8. The molecule has 0 aliphatic rings. The lowest BCUT2D eigenvalue weighted by atomic mass is 10.2. The van der Waals surface area contributed by atoms with E-state index in [1.165, 1.54) is 12.3 Å². The number of aromatic carboxylic acids is 1. The van der Waals surface area contributed by atoms with E-state index in [9.17, 15) is 4.79 Å². The molecule has 5 heteroatoms. The Hall–Kier alpha value is -2.07. The second-order valence-electron chi connectivity index (χ2n) is 3.80. The minimum atomic E-state index is -1.05. The van der Waals surface area contributed by atoms with E-state index in [1.54, 1.807) is 0 Å². The van der Waals surface area contributed by atoms with E-state index in [2.05, 4.69) is 10.3 Å². The third-order valence-electron chi connectivity index (χ3n) is 2.49. The molecule has 4 nitrogen and oxygen atoms in total. The number of hydrogen-bond donors (Lipinski definition) is 2. The van der Waals surface area contributed by atoms with Gasteiger partial charge in [0, 0.05) is 11.9 Å². The Morgan fingerprint density at radius 1 is 1.39 bits per heavy atom. The normalized spacial score (nSPS) is 10.1. The van der Waals surface area contributed by atoms with Crippen LogP contribution in [0.1, 0.15) is 15.9 Å². The first-order valence-corrected chi connectivity index (χ1v) is 5.67. The first kappa shape index (κ1) is 12.4. The van der Waals surface area contributed by atoms with Crippen molar-refractivity contribution in [1.82, 2.24) is 4.98 Å². The molecule has 0 amide bonds. The average Bonchev–Trinajstić information content (AvgIpc) is 2.34. The fourth-order valence-electron chi connectivity index (χ4n) is 1.49. The molecule has 1 aromatic carbocycles. The van der Waals surface area contributed by atoms with Gasteiger partial charge in [0.05, 0.1) is 10.6 Å². The third-order valence-corrected chi connectivity index (χ3v) is 2.77. The highest BCUT2D eigenvalue weighted by Crippen LogP contribution is 2.25. The van der Waals surface area contributed by atoms with Gasteiger partial charge < -0.3 is 10.4 Å². The van der Waals surface area contributed by atoms with Crippen LogP contribution >= 0.6 is 11.6 Å². The van der Waals surface area contributed by atoms with Crippen molar-refractivity contribution in [3.8, 4) is 0 Å². The van der Waals surface area contributed by atoms with Gasteiger partial charge >= 0.3 is 5.97 Å². The lowest BCUT2D eigenvalue weighted by molar-refractivity contribution is 0.0696. The van der Waals surface area contributed by atoms with E-state index in [4.69, 9.17) is 16.7 Å². The van der Waals surface area contributed by atoms with Gasteiger partial charge in [-0.1, -0.05) is 29.8 Å². The van der Waals surface area contributed by atoms with Gasteiger partial charge in [-0.3, -0.25) is 0 Å². The summed E-state index contributed by atoms with van der Waals surface area (Å²) < 4.78 is 0. The summed E-state index contributed by atoms with van der Waals surface area (Å²) in [7, 11) is 0. The first-order valence-electron chi connectivity index (χ1n) is 5.29. The first-order chi connectivity index (χ1) is 8.58. The summed E-state index contributed by atoms with van der Waals surface area (Å²) in [5, 5.41) is 12.2. The van der Waals surface area contributed by atoms with Crippen LogP contribution in [0.25, 0.3) is 0 Å². The molecular weight excluding hydrogens is 252 g/mol. The number of aryl methyl sites for hydroxylation is 1. The Morgan fingerprint density at radius 3 is 2.72 bits per heavy atom. The number of benzene rings is 1. The van der Waals surface area contributed by atoms with E-state index in [-0.39, 0.29) is 10.6 Å². The van der Waals surface area contributed by atoms with Gasteiger partial charge in [-0.15, -0.1) is 0 Å². The Kier molecular flexibility index (Phi) is 3.48. The van der Waals surface area contributed by atoms with Crippen molar-refractivity contribution in [3.63, 3.8) is 0 Å². The number of halogens is 1. The zero-order valence-corrected chi connectivity index (χ0v) is 10.4. The predicted molar refractivity (Wildman–Crippen MR) is 70.7 cm³/mol. The van der Waals surface area contributed by atoms with Gasteiger partial charge in [0.2, 0.25) is 0 Å². The molecule has 0 bridgehead atoms. The Morgan fingerprint density at radius 2 is 2.11 bits per heavy atom. The second kappa shape index (κ2) is 5.06. The molecule has 0 spiro atoms. The van der Waals surface area contributed by atoms with Crippen LogP contribution in [-0.2, 0) is 0 Å². The van der Waals surface area contributed by atoms with Crippen LogP contribution in [0.4, 0.5) is 11.5 Å². The number of rotatable bonds is 3. The van der Waals surface area contributed by atoms with E-state index in [0.717, 1.165) is 11.3 Å². The SMILES string of the molecule is Cc1ccccc1Nc1ncc(C(=O)O)cc1Cl. The van der Waals surface area contributed by atoms with Crippen molar-refractivity contribution in [2.75, 3.05) is 5.32 Å². The topological polar surface area (TPSA) is 62.2 Å². The molecule has 1 aromatic heterocycles. The van der Waals surface area contributed by atoms with Crippen molar-refractivity contribution in [2.45, 2.75) is 6.92 Å². The number of carbonyl (C=O) groups is 1. The van der Waals surface area contributed by atoms with Gasteiger partial charge in [-0.25, -0.2) is 9.78 Å². The summed E-state index contributed by atoms with van der Waals surface area (Å²) in [5.41, 5.74) is 2.00. The number of hydrogen-bond acceptors (Lipinski definition) is 3. The summed E-state index contributed by atoms with van der Waals surface area (Å²) >= 11 is 5.99. The summed E-state index contributed by atoms with van der Waals surface area (Å²) in [5.74, 6) is -0.609. The third kappa shape index (κ3) is 2.60. The molecule has 0 aliphatic heterocycles. The van der Waals surface area contributed by atoms with Crippen molar-refractivity contribution < 1.29 is 9.90 Å². The Balaban J connectivity index is 2.30. The molecule has 0 fully saturated rings. The lowest BCUT2D eigenvalue weighted by Gasteiger charge is -2.10. The van der Waals surface area contributed by atoms with Gasteiger partial charge in [0.15, 0.2) is 0 Å². The molecular formula is C13H11ClN2O2. The van der Waals surface area contributed by atoms with Gasteiger partial charge in [-0.05, 0) is 24.6 Å². The van der Waals surface area contributed by atoms with Crippen LogP contribution in [0.5, 0.6) is 0 Å². The number of nitrogens with one attached hydrogen (secondary N) is 1. The largest absolute Gasteiger partial charge is 0.478 e. The van der Waals surface area contributed by atoms with E-state index in [0.29, 0.717) is 5.82 Å². The van der Waals surface area contributed by atoms with Crippen molar-refractivity contribution in [2.24, 2.45) is 0 Å². The van der Waals surface area contributed by atoms with Crippen molar-refractivity contribution in [1.29, 1.82) is 0 Å². The molecule has 92 valence electrons. The van der Waals surface area contributed by atoms with Gasteiger partial charge in [-0.2, -0.15) is 0 Å². The number of anilines is 2. The molecule has 0 unspecified atom stereocenters. The molecule has 0 saturated heterocycles. The number of pyridine rings is 1. The maximum atomic E-state index is 10.8. The molecule has 0 atom stereocenters. The molecule has 18 heavy (non-hydrogen) atoms. The summed E-state index contributed by atoms with van der Waals surface area (Å²) in [6.45, 7) is 1.96. The smallest absolute Gasteiger partial charge is 0.337 e. The molecule has 1 heterocycles. The number of nitrogens with zero attached hydrogens (tertiary/aromatic N) is 1. The highest BCUT2D eigenvalue weighted by atomic mass is 35.5.